The van der Waals surface area contributed by atoms with E-state index in [1.807, 2.05) is 27.7 Å². The van der Waals surface area contributed by atoms with E-state index in [4.69, 9.17) is 4.74 Å². The van der Waals surface area contributed by atoms with Gasteiger partial charge in [0.2, 0.25) is 0 Å². The molecule has 292 valence electrons. The van der Waals surface area contributed by atoms with Crippen molar-refractivity contribution in [3.63, 3.8) is 0 Å². The fraction of sp³-hybridized carbons (Fsp3) is 0.738. The summed E-state index contributed by atoms with van der Waals surface area (Å²) in [6, 6.07) is 3.99. The van der Waals surface area contributed by atoms with Crippen molar-refractivity contribution >= 4 is 5.78 Å². The van der Waals surface area contributed by atoms with Crippen molar-refractivity contribution in [3.8, 4) is 11.5 Å². The second-order valence-electron chi connectivity index (χ2n) is 18.8. The SMILES string of the molecule is CCNCC1=C[C@@]2(C)CC[C@@H]1[C@]1(O[C@H]3C[C@@]4(O)C5=CC(=O)[C@@H]6[C@@H](c7cc(O)cc(O)c7)[C@@H](O)[C@@H](O)C[C@]6(C)[C@H]5CC[C@]4(C)[C@H]3[C@]1(O)CCO)[C@@H](O)[C@H]2C. The quantitative estimate of drug-likeness (QED) is 0.195. The van der Waals surface area contributed by atoms with Gasteiger partial charge in [0.15, 0.2) is 5.78 Å². The third kappa shape index (κ3) is 4.65. The Kier molecular flexibility index (Phi) is 8.56. The van der Waals surface area contributed by atoms with Gasteiger partial charge in [-0.15, -0.1) is 0 Å². The van der Waals surface area contributed by atoms with Crippen LogP contribution in [0, 0.1) is 45.8 Å². The van der Waals surface area contributed by atoms with E-state index < -0.39 is 69.8 Å². The standard InChI is InChI=1S/C42H59NO10/c1-6-43-20-23-17-37(3)9-7-26(23)42(36(50)21(37)2)40(51,11-12-44)35-31(53-42)19-41(52)28-16-29(47)33-32(22-13-24(45)15-25(46)14-22)34(49)30(48)18-38(33,4)27(28)8-10-39(35,41)5/h13-17,21,26-27,30-36,43-46,48-52H,6-12,18-20H2,1-5H3/t21-,26+,27+,30+,31+,32-,33-,34+,35+,36+,37-,38-,39-,40-,41-,42+/m1/s1. The molecule has 0 radical (unpaired) electrons. The monoisotopic (exact) mass is 737 g/mol. The highest BCUT2D eigenvalue weighted by atomic mass is 16.6. The number of phenolic OH excluding ortho intramolecular Hbond substituents is 2. The summed E-state index contributed by atoms with van der Waals surface area (Å²) in [5.41, 5.74) is -4.99. The molecule has 1 saturated heterocycles. The topological polar surface area (TPSA) is 200 Å². The predicted octanol–water partition coefficient (Wildman–Crippen LogP) is 2.82. The number of carbonyl (C=O) groups is 1. The molecule has 7 aliphatic carbocycles. The van der Waals surface area contributed by atoms with Gasteiger partial charge in [0.1, 0.15) is 22.7 Å². The molecule has 1 heterocycles. The first-order valence-electron chi connectivity index (χ1n) is 19.9. The summed E-state index contributed by atoms with van der Waals surface area (Å²) in [6.45, 7) is 11.1. The summed E-state index contributed by atoms with van der Waals surface area (Å²) >= 11 is 0. The van der Waals surface area contributed by atoms with Crippen molar-refractivity contribution in [3.05, 3.63) is 47.1 Å². The zero-order valence-electron chi connectivity index (χ0n) is 31.6. The summed E-state index contributed by atoms with van der Waals surface area (Å²) < 4.78 is 7.25. The van der Waals surface area contributed by atoms with Crippen molar-refractivity contribution in [2.45, 2.75) is 127 Å². The maximum Gasteiger partial charge on any atom is 0.160 e. The molecule has 1 aromatic carbocycles. The van der Waals surface area contributed by atoms with Crippen LogP contribution in [0.2, 0.25) is 0 Å². The summed E-state index contributed by atoms with van der Waals surface area (Å²) in [5.74, 6) is -4.11. The number of hydrogen-bond acceptors (Lipinski definition) is 11. The van der Waals surface area contributed by atoms with Crippen LogP contribution in [0.1, 0.15) is 91.0 Å². The maximum atomic E-state index is 14.5. The normalized spacial score (nSPS) is 51.3. The van der Waals surface area contributed by atoms with Gasteiger partial charge < -0.3 is 50.9 Å². The second-order valence-corrected chi connectivity index (χ2v) is 18.8. The Morgan fingerprint density at radius 2 is 1.64 bits per heavy atom. The highest BCUT2D eigenvalue weighted by molar-refractivity contribution is 5.96. The largest absolute Gasteiger partial charge is 0.508 e. The van der Waals surface area contributed by atoms with Gasteiger partial charge in [-0.1, -0.05) is 46.3 Å². The minimum atomic E-state index is -1.73. The van der Waals surface area contributed by atoms with Crippen LogP contribution in [-0.2, 0) is 9.53 Å². The van der Waals surface area contributed by atoms with Gasteiger partial charge >= 0.3 is 0 Å². The second kappa shape index (κ2) is 12.1. The van der Waals surface area contributed by atoms with E-state index in [1.165, 1.54) is 24.3 Å². The molecule has 5 fully saturated rings. The maximum absolute atomic E-state index is 14.5. The summed E-state index contributed by atoms with van der Waals surface area (Å²) in [4.78, 5) is 14.5. The average molecular weight is 738 g/mol. The number of ketones is 1. The molecule has 0 amide bonds. The highest BCUT2D eigenvalue weighted by Crippen LogP contribution is 2.75. The lowest BCUT2D eigenvalue weighted by Crippen LogP contribution is -2.70. The Hall–Kier alpha value is -2.35. The van der Waals surface area contributed by atoms with Crippen LogP contribution in [0.15, 0.2) is 41.5 Å². The van der Waals surface area contributed by atoms with E-state index >= 15 is 0 Å². The van der Waals surface area contributed by atoms with E-state index in [-0.39, 0.29) is 66.3 Å². The number of aliphatic hydroxyl groups excluding tert-OH is 4. The number of carbonyl (C=O) groups excluding carboxylic acids is 1. The fourth-order valence-electron chi connectivity index (χ4n) is 14.0. The lowest BCUT2D eigenvalue weighted by atomic mass is 9.43. The first-order valence-corrected chi connectivity index (χ1v) is 19.9. The number of phenols is 2. The van der Waals surface area contributed by atoms with Gasteiger partial charge in [-0.3, -0.25) is 4.79 Å². The van der Waals surface area contributed by atoms with E-state index in [1.54, 1.807) is 0 Å². The number of allylic oxidation sites excluding steroid dienone is 2. The number of fused-ring (bicyclic) bond motifs is 9. The molecule has 0 unspecified atom stereocenters. The number of aliphatic hydroxyl groups is 6. The molecule has 1 aromatic rings. The molecule has 4 saturated carbocycles. The third-order valence-corrected chi connectivity index (χ3v) is 16.5. The molecule has 9 rings (SSSR count). The van der Waals surface area contributed by atoms with Crippen molar-refractivity contribution < 1.29 is 50.4 Å². The number of hydrogen-bond donors (Lipinski definition) is 9. The molecular formula is C42H59NO10. The van der Waals surface area contributed by atoms with Gasteiger partial charge in [0.05, 0.1) is 30.0 Å². The lowest BCUT2D eigenvalue weighted by molar-refractivity contribution is -0.245. The van der Waals surface area contributed by atoms with Gasteiger partial charge in [-0.05, 0) is 90.7 Å². The van der Waals surface area contributed by atoms with Gasteiger partial charge in [0, 0.05) is 61.1 Å². The van der Waals surface area contributed by atoms with Crippen molar-refractivity contribution in [1.29, 1.82) is 0 Å². The zero-order chi connectivity index (χ0) is 38.3. The minimum Gasteiger partial charge on any atom is -0.508 e. The average Bonchev–Trinajstić information content (AvgIpc) is 3.43. The van der Waals surface area contributed by atoms with Crippen LogP contribution in [0.3, 0.4) is 0 Å². The zero-order valence-corrected chi connectivity index (χ0v) is 31.6. The molecule has 0 aromatic heterocycles. The minimum absolute atomic E-state index is 0.0466. The van der Waals surface area contributed by atoms with Gasteiger partial charge in [-0.25, -0.2) is 0 Å². The Labute approximate surface area is 311 Å². The Morgan fingerprint density at radius 3 is 2.30 bits per heavy atom. The molecule has 9 N–H and O–H groups in total. The Morgan fingerprint density at radius 1 is 0.962 bits per heavy atom. The van der Waals surface area contributed by atoms with E-state index in [0.717, 1.165) is 18.5 Å². The number of likely N-dealkylation sites (N-methyl/N-ethyl adjacent to an activating group) is 1. The molecule has 2 bridgehead atoms. The number of benzene rings is 1. The third-order valence-electron chi connectivity index (χ3n) is 16.5. The predicted molar refractivity (Wildman–Crippen MR) is 195 cm³/mol. The molecule has 1 aliphatic heterocycles. The number of aromatic hydroxyl groups is 2. The van der Waals surface area contributed by atoms with Crippen LogP contribution in [0.25, 0.3) is 0 Å². The van der Waals surface area contributed by atoms with Crippen LogP contribution in [0.4, 0.5) is 0 Å². The Balaban J connectivity index is 1.23. The smallest absolute Gasteiger partial charge is 0.160 e. The van der Waals surface area contributed by atoms with Crippen molar-refractivity contribution in [1.82, 2.24) is 5.32 Å². The number of rotatable bonds is 6. The molecule has 8 aliphatic rings. The van der Waals surface area contributed by atoms with Crippen molar-refractivity contribution in [2.24, 2.45) is 45.8 Å². The van der Waals surface area contributed by atoms with Gasteiger partial charge in [0.25, 0.3) is 0 Å². The molecular weight excluding hydrogens is 678 g/mol. The molecule has 11 nitrogen and oxygen atoms in total. The number of ether oxygens (including phenoxy) is 1. The first-order chi connectivity index (χ1) is 24.9. The highest BCUT2D eigenvalue weighted by Gasteiger charge is 2.82. The Bertz CT molecular complexity index is 1730. The number of nitrogens with one attached hydrogen (secondary N) is 1. The van der Waals surface area contributed by atoms with Crippen molar-refractivity contribution in [2.75, 3.05) is 19.7 Å². The summed E-state index contributed by atoms with van der Waals surface area (Å²) in [7, 11) is 0. The fourth-order valence-corrected chi connectivity index (χ4v) is 14.0. The van der Waals surface area contributed by atoms with E-state index in [2.05, 4.69) is 18.3 Å². The van der Waals surface area contributed by atoms with E-state index in [0.29, 0.717) is 36.9 Å². The molecule has 16 atom stereocenters. The molecule has 1 spiro atoms. The van der Waals surface area contributed by atoms with Gasteiger partial charge in [-0.2, -0.15) is 0 Å². The lowest BCUT2D eigenvalue weighted by Gasteiger charge is -2.62. The molecule has 11 heteroatoms. The molecule has 53 heavy (non-hydrogen) atoms. The van der Waals surface area contributed by atoms with E-state index in [9.17, 15) is 45.6 Å². The van der Waals surface area contributed by atoms with Crippen LogP contribution >= 0.6 is 0 Å². The van der Waals surface area contributed by atoms with Crippen LogP contribution < -0.4 is 5.32 Å². The van der Waals surface area contributed by atoms with Crippen LogP contribution in [-0.4, -0.2) is 108 Å². The summed E-state index contributed by atoms with van der Waals surface area (Å²) in [5, 5.41) is 96.8. The first kappa shape index (κ1) is 37.6. The summed E-state index contributed by atoms with van der Waals surface area (Å²) in [6.07, 6.45) is 2.17. The van der Waals surface area contributed by atoms with Crippen LogP contribution in [0.5, 0.6) is 11.5 Å².